The number of hydrogen-bond acceptors (Lipinski definition) is 4. The number of halogens is 3. The van der Waals surface area contributed by atoms with E-state index in [1.807, 2.05) is 4.90 Å². The predicted octanol–water partition coefficient (Wildman–Crippen LogP) is 3.50. The SMILES string of the molecule is CCOC(=O)C1CCCCN1Cc1ccc(OC(F)(F)F)cc1. The normalized spacial score (nSPS) is 19.4. The van der Waals surface area contributed by atoms with E-state index in [9.17, 15) is 18.0 Å². The number of esters is 1. The van der Waals surface area contributed by atoms with Crippen LogP contribution < -0.4 is 4.74 Å². The molecule has 128 valence electrons. The predicted molar refractivity (Wildman–Crippen MR) is 77.8 cm³/mol. The summed E-state index contributed by atoms with van der Waals surface area (Å²) in [4.78, 5) is 14.0. The molecule has 4 nitrogen and oxygen atoms in total. The van der Waals surface area contributed by atoms with Crippen LogP contribution in [0.25, 0.3) is 0 Å². The number of piperidine rings is 1. The lowest BCUT2D eigenvalue weighted by molar-refractivity contribution is -0.274. The lowest BCUT2D eigenvalue weighted by atomic mass is 10.0. The molecular weight excluding hydrogens is 311 g/mol. The fraction of sp³-hybridized carbons (Fsp3) is 0.562. The van der Waals surface area contributed by atoms with E-state index in [0.717, 1.165) is 31.4 Å². The maximum absolute atomic E-state index is 12.1. The number of ether oxygens (including phenoxy) is 2. The summed E-state index contributed by atoms with van der Waals surface area (Å²) >= 11 is 0. The largest absolute Gasteiger partial charge is 0.573 e. The molecule has 0 N–H and O–H groups in total. The van der Waals surface area contributed by atoms with Gasteiger partial charge in [-0.15, -0.1) is 13.2 Å². The minimum absolute atomic E-state index is 0.232. The Kier molecular flexibility index (Phi) is 5.87. The van der Waals surface area contributed by atoms with Crippen LogP contribution in [0.3, 0.4) is 0 Å². The molecule has 0 saturated carbocycles. The van der Waals surface area contributed by atoms with Gasteiger partial charge in [0.15, 0.2) is 0 Å². The zero-order valence-electron chi connectivity index (χ0n) is 12.9. The van der Waals surface area contributed by atoms with E-state index in [2.05, 4.69) is 4.74 Å². The van der Waals surface area contributed by atoms with Gasteiger partial charge in [0.1, 0.15) is 11.8 Å². The Balaban J connectivity index is 2.00. The van der Waals surface area contributed by atoms with Crippen LogP contribution in [0.2, 0.25) is 0 Å². The van der Waals surface area contributed by atoms with Crippen molar-refractivity contribution in [3.05, 3.63) is 29.8 Å². The van der Waals surface area contributed by atoms with Crippen molar-refractivity contribution >= 4 is 5.97 Å². The maximum Gasteiger partial charge on any atom is 0.573 e. The monoisotopic (exact) mass is 331 g/mol. The van der Waals surface area contributed by atoms with Crippen molar-refractivity contribution in [3.63, 3.8) is 0 Å². The smallest absolute Gasteiger partial charge is 0.465 e. The molecule has 0 amide bonds. The Hall–Kier alpha value is -1.76. The van der Waals surface area contributed by atoms with Crippen molar-refractivity contribution in [1.82, 2.24) is 4.90 Å². The molecule has 1 aromatic carbocycles. The van der Waals surface area contributed by atoms with Crippen LogP contribution in [0.5, 0.6) is 5.75 Å². The van der Waals surface area contributed by atoms with Crippen molar-refractivity contribution in [1.29, 1.82) is 0 Å². The van der Waals surface area contributed by atoms with Crippen LogP contribution in [-0.2, 0) is 16.1 Å². The topological polar surface area (TPSA) is 38.8 Å². The van der Waals surface area contributed by atoms with Gasteiger partial charge in [0.2, 0.25) is 0 Å². The Morgan fingerprint density at radius 2 is 1.96 bits per heavy atom. The minimum atomic E-state index is -4.69. The highest BCUT2D eigenvalue weighted by atomic mass is 19.4. The van der Waals surface area contributed by atoms with Crippen molar-refractivity contribution in [3.8, 4) is 5.75 Å². The van der Waals surface area contributed by atoms with Gasteiger partial charge in [-0.05, 0) is 44.0 Å². The van der Waals surface area contributed by atoms with Gasteiger partial charge >= 0.3 is 12.3 Å². The Morgan fingerprint density at radius 3 is 2.57 bits per heavy atom. The summed E-state index contributed by atoms with van der Waals surface area (Å²) in [6.45, 7) is 3.37. The third-order valence-corrected chi connectivity index (χ3v) is 3.71. The van der Waals surface area contributed by atoms with E-state index in [0.29, 0.717) is 13.2 Å². The lowest BCUT2D eigenvalue weighted by Gasteiger charge is -2.33. The summed E-state index contributed by atoms with van der Waals surface area (Å²) in [5, 5.41) is 0. The molecule has 0 bridgehead atoms. The van der Waals surface area contributed by atoms with Gasteiger partial charge in [0, 0.05) is 6.54 Å². The molecule has 2 rings (SSSR count). The van der Waals surface area contributed by atoms with Crippen LogP contribution in [-0.4, -0.2) is 36.4 Å². The van der Waals surface area contributed by atoms with E-state index in [1.54, 1.807) is 19.1 Å². The van der Waals surface area contributed by atoms with Gasteiger partial charge in [0.25, 0.3) is 0 Å². The summed E-state index contributed by atoms with van der Waals surface area (Å²) in [6.07, 6.45) is -1.99. The Morgan fingerprint density at radius 1 is 1.26 bits per heavy atom. The van der Waals surface area contributed by atoms with Gasteiger partial charge in [-0.2, -0.15) is 0 Å². The summed E-state index contributed by atoms with van der Waals surface area (Å²) in [6, 6.07) is 5.45. The second-order valence-corrected chi connectivity index (χ2v) is 5.43. The molecule has 1 unspecified atom stereocenters. The molecule has 0 aromatic heterocycles. The molecule has 23 heavy (non-hydrogen) atoms. The van der Waals surface area contributed by atoms with E-state index < -0.39 is 6.36 Å². The zero-order valence-corrected chi connectivity index (χ0v) is 12.9. The molecule has 0 radical (unpaired) electrons. The van der Waals surface area contributed by atoms with E-state index in [4.69, 9.17) is 4.74 Å². The molecule has 1 aliphatic heterocycles. The van der Waals surface area contributed by atoms with Crippen molar-refractivity contribution in [2.45, 2.75) is 45.1 Å². The molecule has 1 aliphatic rings. The van der Waals surface area contributed by atoms with Crippen molar-refractivity contribution < 1.29 is 27.4 Å². The molecule has 0 spiro atoms. The quantitative estimate of drug-likeness (QED) is 0.774. The molecule has 1 fully saturated rings. The first kappa shape index (κ1) is 17.6. The summed E-state index contributed by atoms with van der Waals surface area (Å²) < 4.78 is 45.4. The van der Waals surface area contributed by atoms with Crippen LogP contribution in [0.15, 0.2) is 24.3 Å². The third-order valence-electron chi connectivity index (χ3n) is 3.71. The molecule has 7 heteroatoms. The van der Waals surface area contributed by atoms with Crippen molar-refractivity contribution in [2.24, 2.45) is 0 Å². The Bertz CT molecular complexity index is 516. The van der Waals surface area contributed by atoms with E-state index in [-0.39, 0.29) is 17.8 Å². The number of benzene rings is 1. The number of alkyl halides is 3. The first-order valence-electron chi connectivity index (χ1n) is 7.64. The van der Waals surface area contributed by atoms with Gasteiger partial charge in [-0.1, -0.05) is 18.6 Å². The average Bonchev–Trinajstić information content (AvgIpc) is 2.48. The highest BCUT2D eigenvalue weighted by Crippen LogP contribution is 2.25. The molecule has 1 atom stereocenters. The number of nitrogens with zero attached hydrogens (tertiary/aromatic N) is 1. The molecule has 1 aromatic rings. The van der Waals surface area contributed by atoms with Gasteiger partial charge in [-0.3, -0.25) is 9.69 Å². The Labute approximate surface area is 133 Å². The molecule has 1 saturated heterocycles. The minimum Gasteiger partial charge on any atom is -0.465 e. The summed E-state index contributed by atoms with van der Waals surface area (Å²) in [5.74, 6) is -0.480. The van der Waals surface area contributed by atoms with Gasteiger partial charge < -0.3 is 9.47 Å². The molecular formula is C16H20F3NO3. The molecule has 0 aliphatic carbocycles. The standard InChI is InChI=1S/C16H20F3NO3/c1-2-22-15(21)14-5-3-4-10-20(14)11-12-6-8-13(9-7-12)23-16(17,18)19/h6-9,14H,2-5,10-11H2,1H3. The number of likely N-dealkylation sites (tertiary alicyclic amines) is 1. The maximum atomic E-state index is 12.1. The zero-order chi connectivity index (χ0) is 16.9. The second-order valence-electron chi connectivity index (χ2n) is 5.43. The van der Waals surface area contributed by atoms with Crippen molar-refractivity contribution in [2.75, 3.05) is 13.2 Å². The van der Waals surface area contributed by atoms with Crippen LogP contribution in [0.4, 0.5) is 13.2 Å². The third kappa shape index (κ3) is 5.42. The highest BCUT2D eigenvalue weighted by Gasteiger charge is 2.31. The molecule has 1 heterocycles. The fourth-order valence-electron chi connectivity index (χ4n) is 2.72. The van der Waals surface area contributed by atoms with Gasteiger partial charge in [0.05, 0.1) is 6.61 Å². The van der Waals surface area contributed by atoms with E-state index >= 15 is 0 Å². The highest BCUT2D eigenvalue weighted by molar-refractivity contribution is 5.75. The number of rotatable bonds is 5. The van der Waals surface area contributed by atoms with Crippen LogP contribution in [0, 0.1) is 0 Å². The van der Waals surface area contributed by atoms with Crippen LogP contribution >= 0.6 is 0 Å². The number of carbonyl (C=O) groups excluding carboxylic acids is 1. The number of carbonyl (C=O) groups is 1. The van der Waals surface area contributed by atoms with Crippen LogP contribution in [0.1, 0.15) is 31.7 Å². The average molecular weight is 331 g/mol. The second kappa shape index (κ2) is 7.68. The van der Waals surface area contributed by atoms with Gasteiger partial charge in [-0.25, -0.2) is 0 Å². The first-order valence-corrected chi connectivity index (χ1v) is 7.64. The van der Waals surface area contributed by atoms with E-state index in [1.165, 1.54) is 12.1 Å². The number of hydrogen-bond donors (Lipinski definition) is 0. The fourth-order valence-corrected chi connectivity index (χ4v) is 2.72. The first-order chi connectivity index (χ1) is 10.9. The lowest BCUT2D eigenvalue weighted by Crippen LogP contribution is -2.44. The summed E-state index contributed by atoms with van der Waals surface area (Å²) in [5.41, 5.74) is 0.829. The summed E-state index contributed by atoms with van der Waals surface area (Å²) in [7, 11) is 0.